The van der Waals surface area contributed by atoms with E-state index in [1.165, 1.54) is 96.3 Å². The summed E-state index contributed by atoms with van der Waals surface area (Å²) >= 11 is 0. The predicted molar refractivity (Wildman–Crippen MR) is 325 cm³/mol. The van der Waals surface area contributed by atoms with Crippen molar-refractivity contribution in [2.24, 2.45) is 0 Å². The van der Waals surface area contributed by atoms with Crippen molar-refractivity contribution in [3.63, 3.8) is 0 Å². The van der Waals surface area contributed by atoms with E-state index < -0.39 is 6.10 Å². The Hall–Kier alpha value is -4.19. The number of rotatable bonds is 55. The van der Waals surface area contributed by atoms with Crippen LogP contribution in [0.5, 0.6) is 0 Å². The topological polar surface area (TPSA) is 78.9 Å². The van der Waals surface area contributed by atoms with Crippen molar-refractivity contribution in [2.75, 3.05) is 13.2 Å². The van der Waals surface area contributed by atoms with E-state index >= 15 is 0 Å². The smallest absolute Gasteiger partial charge is 0.306 e. The van der Waals surface area contributed by atoms with Gasteiger partial charge < -0.3 is 14.2 Å². The molecular weight excluding hydrogens is 925 g/mol. The van der Waals surface area contributed by atoms with Crippen LogP contribution in [-0.4, -0.2) is 37.2 Å². The third-order valence-electron chi connectivity index (χ3n) is 12.9. The Bertz CT molecular complexity index is 1570. The average molecular weight is 1040 g/mol. The van der Waals surface area contributed by atoms with Gasteiger partial charge in [-0.2, -0.15) is 0 Å². The fourth-order valence-electron chi connectivity index (χ4n) is 8.32. The maximum Gasteiger partial charge on any atom is 0.306 e. The highest BCUT2D eigenvalue weighted by atomic mass is 16.6. The molecule has 0 heterocycles. The molecule has 0 aliphatic carbocycles. The Balaban J connectivity index is 4.33. The van der Waals surface area contributed by atoms with Crippen LogP contribution >= 0.6 is 0 Å². The SMILES string of the molecule is CC/C=C\C/C=C\C/C=C\C/C=C\C/C=C\CCCCCCCCCCCC(=O)OCC(COC(=O)CCCCCCC/C=C\CCCC)OC(=O)CCCCCCCCCC/C=C\C/C=C\C/C=C\C/C=C\CC. The third-order valence-corrected chi connectivity index (χ3v) is 12.9. The number of carbonyl (C=O) groups is 3. The highest BCUT2D eigenvalue weighted by Crippen LogP contribution is 2.15. The summed E-state index contributed by atoms with van der Waals surface area (Å²) in [6.07, 6.45) is 86.3. The van der Waals surface area contributed by atoms with Crippen LogP contribution in [0.1, 0.15) is 278 Å². The molecule has 0 bridgehead atoms. The van der Waals surface area contributed by atoms with Crippen LogP contribution in [0.15, 0.2) is 122 Å². The summed E-state index contributed by atoms with van der Waals surface area (Å²) in [6, 6.07) is 0. The van der Waals surface area contributed by atoms with Crippen LogP contribution in [0.25, 0.3) is 0 Å². The van der Waals surface area contributed by atoms with Crippen LogP contribution in [0.4, 0.5) is 0 Å². The zero-order valence-corrected chi connectivity index (χ0v) is 48.8. The molecular formula is C69H114O6. The Labute approximate surface area is 462 Å². The summed E-state index contributed by atoms with van der Waals surface area (Å²) in [7, 11) is 0. The van der Waals surface area contributed by atoms with Crippen molar-refractivity contribution in [3.05, 3.63) is 122 Å². The lowest BCUT2D eigenvalue weighted by molar-refractivity contribution is -0.167. The van der Waals surface area contributed by atoms with Crippen LogP contribution in [0.3, 0.4) is 0 Å². The molecule has 6 nitrogen and oxygen atoms in total. The number of hydrogen-bond acceptors (Lipinski definition) is 6. The molecule has 0 aliphatic heterocycles. The molecule has 0 radical (unpaired) electrons. The van der Waals surface area contributed by atoms with Gasteiger partial charge in [-0.1, -0.05) is 258 Å². The quantitative estimate of drug-likeness (QED) is 0.0261. The standard InChI is InChI=1S/C69H114O6/c1-4-7-10-13-16-19-22-24-26-28-30-32-33-34-35-37-38-40-42-44-47-50-53-56-59-62-68(71)74-65-66(64-73-67(70)61-58-55-52-49-46-21-18-15-12-9-6-3)75-69(72)63-60-57-54-51-48-45-43-41-39-36-31-29-27-25-23-20-17-14-11-8-5-2/h7-8,10-11,15-20,24-27,30-32,34-36,66H,4-6,9,12-14,21-23,28-29,33,37-65H2,1-3H3/b10-7-,11-8-,18-15-,19-16-,20-17-,26-24-,27-25-,32-30-,35-34-,36-31-. The van der Waals surface area contributed by atoms with Gasteiger partial charge >= 0.3 is 17.9 Å². The number of carbonyl (C=O) groups excluding carboxylic acids is 3. The van der Waals surface area contributed by atoms with E-state index in [4.69, 9.17) is 14.2 Å². The van der Waals surface area contributed by atoms with Gasteiger partial charge in [0.25, 0.3) is 0 Å². The number of unbranched alkanes of at least 4 members (excludes halogenated alkanes) is 24. The van der Waals surface area contributed by atoms with Crippen molar-refractivity contribution in [3.8, 4) is 0 Å². The molecule has 0 amide bonds. The molecule has 0 aromatic carbocycles. The van der Waals surface area contributed by atoms with Crippen LogP contribution in [0, 0.1) is 0 Å². The summed E-state index contributed by atoms with van der Waals surface area (Å²) < 4.78 is 16.9. The lowest BCUT2D eigenvalue weighted by Crippen LogP contribution is -2.30. The molecule has 75 heavy (non-hydrogen) atoms. The second-order valence-electron chi connectivity index (χ2n) is 20.2. The first-order valence-corrected chi connectivity index (χ1v) is 31.0. The normalized spacial score (nSPS) is 12.9. The zero-order valence-electron chi connectivity index (χ0n) is 48.8. The van der Waals surface area contributed by atoms with E-state index in [-0.39, 0.29) is 31.1 Å². The molecule has 1 atom stereocenters. The van der Waals surface area contributed by atoms with Gasteiger partial charge in [0.05, 0.1) is 0 Å². The van der Waals surface area contributed by atoms with Crippen LogP contribution in [0.2, 0.25) is 0 Å². The molecule has 0 aliphatic rings. The number of allylic oxidation sites excluding steroid dienone is 20. The van der Waals surface area contributed by atoms with E-state index in [0.29, 0.717) is 19.3 Å². The lowest BCUT2D eigenvalue weighted by atomic mass is 10.1. The molecule has 0 N–H and O–H groups in total. The van der Waals surface area contributed by atoms with Crippen molar-refractivity contribution >= 4 is 17.9 Å². The maximum absolute atomic E-state index is 12.9. The Morgan fingerprint density at radius 1 is 0.280 bits per heavy atom. The molecule has 0 spiro atoms. The number of ether oxygens (including phenoxy) is 3. The first-order valence-electron chi connectivity index (χ1n) is 31.0. The van der Waals surface area contributed by atoms with E-state index in [2.05, 4.69) is 142 Å². The summed E-state index contributed by atoms with van der Waals surface area (Å²) in [6.45, 7) is 6.36. The first kappa shape index (κ1) is 70.8. The molecule has 0 rings (SSSR count). The Morgan fingerprint density at radius 2 is 0.520 bits per heavy atom. The van der Waals surface area contributed by atoms with Gasteiger partial charge in [-0.25, -0.2) is 0 Å². The van der Waals surface area contributed by atoms with Crippen LogP contribution in [-0.2, 0) is 28.6 Å². The van der Waals surface area contributed by atoms with Gasteiger partial charge in [-0.05, 0) is 122 Å². The second-order valence-corrected chi connectivity index (χ2v) is 20.2. The summed E-state index contributed by atoms with van der Waals surface area (Å²) in [4.78, 5) is 38.2. The molecule has 0 saturated carbocycles. The van der Waals surface area contributed by atoms with Gasteiger partial charge in [-0.15, -0.1) is 0 Å². The zero-order chi connectivity index (χ0) is 54.3. The Kier molecular flexibility index (Phi) is 58.9. The molecule has 0 saturated heterocycles. The molecule has 1 unspecified atom stereocenters. The first-order chi connectivity index (χ1) is 37.0. The Morgan fingerprint density at radius 3 is 0.827 bits per heavy atom. The van der Waals surface area contributed by atoms with Gasteiger partial charge in [0, 0.05) is 19.3 Å². The summed E-state index contributed by atoms with van der Waals surface area (Å²) in [5.41, 5.74) is 0. The highest BCUT2D eigenvalue weighted by molar-refractivity contribution is 5.71. The van der Waals surface area contributed by atoms with E-state index in [0.717, 1.165) is 141 Å². The third kappa shape index (κ3) is 60.6. The van der Waals surface area contributed by atoms with E-state index in [1.54, 1.807) is 0 Å². The average Bonchev–Trinajstić information content (AvgIpc) is 3.41. The predicted octanol–water partition coefficient (Wildman–Crippen LogP) is 21.2. The molecule has 0 fully saturated rings. The summed E-state index contributed by atoms with van der Waals surface area (Å²) in [5, 5.41) is 0. The van der Waals surface area contributed by atoms with E-state index in [9.17, 15) is 14.4 Å². The van der Waals surface area contributed by atoms with Gasteiger partial charge in [0.1, 0.15) is 13.2 Å². The monoisotopic (exact) mass is 1040 g/mol. The van der Waals surface area contributed by atoms with Crippen molar-refractivity contribution < 1.29 is 28.6 Å². The van der Waals surface area contributed by atoms with Gasteiger partial charge in [-0.3, -0.25) is 14.4 Å². The fraction of sp³-hybridized carbons (Fsp3) is 0.667. The highest BCUT2D eigenvalue weighted by Gasteiger charge is 2.19. The second kappa shape index (κ2) is 62.4. The van der Waals surface area contributed by atoms with Crippen molar-refractivity contribution in [2.45, 2.75) is 284 Å². The summed E-state index contributed by atoms with van der Waals surface area (Å²) in [5.74, 6) is -0.910. The lowest BCUT2D eigenvalue weighted by Gasteiger charge is -2.18. The largest absolute Gasteiger partial charge is 0.462 e. The van der Waals surface area contributed by atoms with Crippen molar-refractivity contribution in [1.29, 1.82) is 0 Å². The molecule has 0 aromatic heterocycles. The van der Waals surface area contributed by atoms with E-state index in [1.807, 2.05) is 0 Å². The molecule has 0 aromatic rings. The van der Waals surface area contributed by atoms with Crippen LogP contribution < -0.4 is 0 Å². The maximum atomic E-state index is 12.9. The molecule has 426 valence electrons. The van der Waals surface area contributed by atoms with Gasteiger partial charge in [0.15, 0.2) is 6.10 Å². The van der Waals surface area contributed by atoms with Gasteiger partial charge in [0.2, 0.25) is 0 Å². The molecule has 6 heteroatoms. The minimum Gasteiger partial charge on any atom is -0.462 e. The minimum absolute atomic E-state index is 0.0892. The number of esters is 3. The van der Waals surface area contributed by atoms with Crippen molar-refractivity contribution in [1.82, 2.24) is 0 Å². The fourth-order valence-corrected chi connectivity index (χ4v) is 8.32. The number of hydrogen-bond donors (Lipinski definition) is 0. The minimum atomic E-state index is -0.792.